The van der Waals surface area contributed by atoms with Gasteiger partial charge in [0, 0.05) is 45.0 Å². The van der Waals surface area contributed by atoms with Crippen LogP contribution < -0.4 is 5.73 Å². The van der Waals surface area contributed by atoms with Crippen LogP contribution >= 0.6 is 12.4 Å². The van der Waals surface area contributed by atoms with Crippen molar-refractivity contribution >= 4 is 28.3 Å². The molecule has 0 spiro atoms. The maximum Gasteiger partial charge on any atom is 0.270 e. The molecule has 0 saturated carbocycles. The average Bonchev–Trinajstić information content (AvgIpc) is 3.03. The normalized spacial score (nSPS) is 25.2. The predicted octanol–water partition coefficient (Wildman–Crippen LogP) is 2.21. The third-order valence-electron chi connectivity index (χ3n) is 5.87. The molecule has 0 aromatic carbocycles. The third kappa shape index (κ3) is 4.56. The van der Waals surface area contributed by atoms with Crippen LogP contribution in [0.5, 0.6) is 0 Å². The topological polar surface area (TPSA) is 88.6 Å². The first-order chi connectivity index (χ1) is 12.7. The zero-order valence-corrected chi connectivity index (χ0v) is 18.6. The van der Waals surface area contributed by atoms with Gasteiger partial charge in [-0.15, -0.1) is 12.4 Å². The van der Waals surface area contributed by atoms with E-state index in [1.165, 1.54) is 6.07 Å². The molecule has 160 valence electrons. The number of hydrogen-bond acceptors (Lipinski definition) is 4. The molecule has 3 rings (SSSR count). The van der Waals surface area contributed by atoms with Gasteiger partial charge in [0.15, 0.2) is 0 Å². The van der Waals surface area contributed by atoms with Gasteiger partial charge in [0.25, 0.3) is 5.91 Å². The van der Waals surface area contributed by atoms with Gasteiger partial charge >= 0.3 is 0 Å². The molecule has 0 bridgehead atoms. The van der Waals surface area contributed by atoms with Gasteiger partial charge in [-0.2, -0.15) is 4.31 Å². The van der Waals surface area contributed by atoms with Crippen LogP contribution in [-0.2, 0) is 17.1 Å². The molecule has 28 heavy (non-hydrogen) atoms. The van der Waals surface area contributed by atoms with Crippen LogP contribution in [0.4, 0.5) is 0 Å². The minimum Gasteiger partial charge on any atom is -0.345 e. The standard InChI is InChI=1S/C19H32N4O3S.ClH/c1-14-7-6-9-22(12-14)27(25,26)16-11-18(21(3)13-16)19(24)23-10-5-4-8-17(23)15(2)20;/h11,13-15,17H,4-10,12,20H2,1-3H3;1H. The maximum absolute atomic E-state index is 13.1. The Labute approximate surface area is 174 Å². The van der Waals surface area contributed by atoms with Crippen molar-refractivity contribution in [2.75, 3.05) is 19.6 Å². The molecule has 2 fully saturated rings. The Balaban J connectivity index is 0.00000280. The van der Waals surface area contributed by atoms with Gasteiger partial charge < -0.3 is 15.2 Å². The summed E-state index contributed by atoms with van der Waals surface area (Å²) in [7, 11) is -1.84. The quantitative estimate of drug-likeness (QED) is 0.789. The van der Waals surface area contributed by atoms with Crippen LogP contribution in [0.25, 0.3) is 0 Å². The molecule has 9 heteroatoms. The Morgan fingerprint density at radius 2 is 1.93 bits per heavy atom. The second-order valence-electron chi connectivity index (χ2n) is 8.20. The minimum absolute atomic E-state index is 0. The monoisotopic (exact) mass is 432 g/mol. The van der Waals surface area contributed by atoms with E-state index in [0.717, 1.165) is 32.1 Å². The number of sulfonamides is 1. The highest BCUT2D eigenvalue weighted by Gasteiger charge is 2.34. The van der Waals surface area contributed by atoms with E-state index in [4.69, 9.17) is 5.73 Å². The first-order valence-electron chi connectivity index (χ1n) is 9.95. The number of likely N-dealkylation sites (tertiary alicyclic amines) is 1. The number of hydrogen-bond donors (Lipinski definition) is 1. The summed E-state index contributed by atoms with van der Waals surface area (Å²) in [6, 6.07) is 1.43. The van der Waals surface area contributed by atoms with Crippen LogP contribution in [0.1, 0.15) is 56.4 Å². The van der Waals surface area contributed by atoms with Crippen molar-refractivity contribution in [2.24, 2.45) is 18.7 Å². The summed E-state index contributed by atoms with van der Waals surface area (Å²) in [5, 5.41) is 0. The van der Waals surface area contributed by atoms with E-state index in [0.29, 0.717) is 31.2 Å². The summed E-state index contributed by atoms with van der Waals surface area (Å²) >= 11 is 0. The fourth-order valence-electron chi connectivity index (χ4n) is 4.30. The smallest absolute Gasteiger partial charge is 0.270 e. The van der Waals surface area contributed by atoms with E-state index in [2.05, 4.69) is 6.92 Å². The van der Waals surface area contributed by atoms with Crippen molar-refractivity contribution in [2.45, 2.75) is 62.9 Å². The minimum atomic E-state index is -3.57. The fraction of sp³-hybridized carbons (Fsp3) is 0.737. The Hall–Kier alpha value is -1.09. The highest BCUT2D eigenvalue weighted by atomic mass is 35.5. The van der Waals surface area contributed by atoms with Crippen molar-refractivity contribution in [3.05, 3.63) is 18.0 Å². The van der Waals surface area contributed by atoms with Gasteiger partial charge in [-0.3, -0.25) is 4.79 Å². The van der Waals surface area contributed by atoms with Gasteiger partial charge in [-0.25, -0.2) is 8.42 Å². The van der Waals surface area contributed by atoms with Gasteiger partial charge in [-0.05, 0) is 51.0 Å². The summed E-state index contributed by atoms with van der Waals surface area (Å²) in [6.45, 7) is 5.76. The first kappa shape index (κ1) is 23.2. The number of carbonyl (C=O) groups excluding carboxylic acids is 1. The van der Waals surface area contributed by atoms with Gasteiger partial charge in [-0.1, -0.05) is 6.92 Å². The molecule has 1 amide bonds. The van der Waals surface area contributed by atoms with Gasteiger partial charge in [0.05, 0.1) is 0 Å². The number of aryl methyl sites for hydroxylation is 1. The number of nitrogens with two attached hydrogens (primary N) is 1. The molecular formula is C19H33ClN4O3S. The van der Waals surface area contributed by atoms with Crippen LogP contribution in [-0.4, -0.2) is 59.8 Å². The number of carbonyl (C=O) groups is 1. The first-order valence-corrected chi connectivity index (χ1v) is 11.4. The Kier molecular flexibility index (Phi) is 7.58. The Morgan fingerprint density at radius 3 is 2.57 bits per heavy atom. The van der Waals surface area contributed by atoms with Crippen LogP contribution in [0.3, 0.4) is 0 Å². The summed E-state index contributed by atoms with van der Waals surface area (Å²) in [5.74, 6) is 0.228. The van der Waals surface area contributed by atoms with Crippen molar-refractivity contribution in [3.63, 3.8) is 0 Å². The van der Waals surface area contributed by atoms with E-state index < -0.39 is 10.0 Å². The van der Waals surface area contributed by atoms with Crippen LogP contribution in [0, 0.1) is 5.92 Å². The second-order valence-corrected chi connectivity index (χ2v) is 10.1. The van der Waals surface area contributed by atoms with Crippen molar-refractivity contribution < 1.29 is 13.2 Å². The third-order valence-corrected chi connectivity index (χ3v) is 7.70. The second kappa shape index (κ2) is 9.15. The number of aromatic nitrogens is 1. The van der Waals surface area contributed by atoms with Crippen molar-refractivity contribution in [1.82, 2.24) is 13.8 Å². The summed E-state index contributed by atoms with van der Waals surface area (Å²) in [5.41, 5.74) is 6.50. The highest BCUT2D eigenvalue weighted by molar-refractivity contribution is 7.89. The van der Waals surface area contributed by atoms with E-state index in [-0.39, 0.29) is 35.3 Å². The number of halogens is 1. The lowest BCUT2D eigenvalue weighted by atomic mass is 9.96. The Morgan fingerprint density at radius 1 is 1.21 bits per heavy atom. The largest absolute Gasteiger partial charge is 0.345 e. The lowest BCUT2D eigenvalue weighted by molar-refractivity contribution is 0.0574. The molecule has 2 aliphatic rings. The zero-order chi connectivity index (χ0) is 19.8. The van der Waals surface area contributed by atoms with Crippen molar-refractivity contribution in [3.8, 4) is 0 Å². The SMILES string of the molecule is CC1CCCN(S(=O)(=O)c2cc(C(=O)N3CCCCC3C(C)N)n(C)c2)C1.Cl. The van der Waals surface area contributed by atoms with E-state index in [1.54, 1.807) is 22.1 Å². The van der Waals surface area contributed by atoms with E-state index in [1.807, 2.05) is 11.8 Å². The highest BCUT2D eigenvalue weighted by Crippen LogP contribution is 2.26. The van der Waals surface area contributed by atoms with Crippen molar-refractivity contribution in [1.29, 1.82) is 0 Å². The summed E-state index contributed by atoms with van der Waals surface area (Å²) in [4.78, 5) is 15.2. The lowest BCUT2D eigenvalue weighted by Crippen LogP contribution is -2.52. The molecule has 0 radical (unpaired) electrons. The van der Waals surface area contributed by atoms with E-state index in [9.17, 15) is 13.2 Å². The maximum atomic E-state index is 13.1. The Bertz CT molecular complexity index is 793. The molecule has 3 heterocycles. The van der Waals surface area contributed by atoms with Gasteiger partial charge in [0.2, 0.25) is 10.0 Å². The number of piperidine rings is 2. The van der Waals surface area contributed by atoms with Crippen LogP contribution in [0.2, 0.25) is 0 Å². The molecule has 2 N–H and O–H groups in total. The molecule has 1 aromatic heterocycles. The molecule has 3 unspecified atom stereocenters. The number of rotatable bonds is 4. The molecule has 3 atom stereocenters. The predicted molar refractivity (Wildman–Crippen MR) is 112 cm³/mol. The average molecular weight is 433 g/mol. The molecular weight excluding hydrogens is 400 g/mol. The molecule has 0 aliphatic carbocycles. The summed E-state index contributed by atoms with van der Waals surface area (Å²) in [6.07, 6.45) is 6.41. The molecule has 1 aromatic rings. The lowest BCUT2D eigenvalue weighted by Gasteiger charge is -2.38. The number of amides is 1. The molecule has 2 aliphatic heterocycles. The van der Waals surface area contributed by atoms with E-state index >= 15 is 0 Å². The van der Waals surface area contributed by atoms with Gasteiger partial charge in [0.1, 0.15) is 10.6 Å². The van der Waals surface area contributed by atoms with Crippen LogP contribution in [0.15, 0.2) is 17.2 Å². The summed E-state index contributed by atoms with van der Waals surface area (Å²) < 4.78 is 29.3. The molecule has 7 nitrogen and oxygen atoms in total. The number of nitrogens with zero attached hydrogens (tertiary/aromatic N) is 3. The fourth-order valence-corrected chi connectivity index (χ4v) is 5.98. The zero-order valence-electron chi connectivity index (χ0n) is 17.0. The molecule has 2 saturated heterocycles.